The molecule has 0 atom stereocenters. The van der Waals surface area contributed by atoms with E-state index >= 15 is 0 Å². The van der Waals surface area contributed by atoms with Gasteiger partial charge in [-0.1, -0.05) is 17.3 Å². The Labute approximate surface area is 167 Å². The van der Waals surface area contributed by atoms with Gasteiger partial charge < -0.3 is 9.26 Å². The van der Waals surface area contributed by atoms with Gasteiger partial charge in [-0.2, -0.15) is 18.2 Å². The zero-order valence-electron chi connectivity index (χ0n) is 15.1. The molecule has 0 spiro atoms. The molecule has 0 fully saturated rings. The highest BCUT2D eigenvalue weighted by atomic mass is 32.1. The Balaban J connectivity index is 1.51. The normalized spacial score (nSPS) is 11.6. The van der Waals surface area contributed by atoms with E-state index in [0.717, 1.165) is 34.1 Å². The van der Waals surface area contributed by atoms with Crippen LogP contribution in [-0.2, 0) is 12.6 Å². The Morgan fingerprint density at radius 3 is 2.55 bits per heavy atom. The molecule has 0 unspecified atom stereocenters. The Hall–Kier alpha value is -3.20. The van der Waals surface area contributed by atoms with E-state index in [9.17, 15) is 13.2 Å². The second-order valence-electron chi connectivity index (χ2n) is 6.12. The van der Waals surface area contributed by atoms with Crippen LogP contribution in [0.3, 0.4) is 0 Å². The van der Waals surface area contributed by atoms with Gasteiger partial charge in [0.2, 0.25) is 11.7 Å². The molecule has 5 nitrogen and oxygen atoms in total. The molecule has 148 valence electrons. The SMILES string of the molecule is COc1ccc(-c2csc(Cc3nc(-c4cccc(C(F)(F)F)c4)no3)n2)cc1. The molecule has 2 heterocycles. The van der Waals surface area contributed by atoms with Crippen molar-refractivity contribution >= 4 is 11.3 Å². The van der Waals surface area contributed by atoms with Gasteiger partial charge in [0.15, 0.2) is 0 Å². The van der Waals surface area contributed by atoms with Gasteiger partial charge in [0.25, 0.3) is 0 Å². The molecule has 0 aliphatic carbocycles. The average molecular weight is 417 g/mol. The van der Waals surface area contributed by atoms with Gasteiger partial charge in [-0.05, 0) is 36.4 Å². The lowest BCUT2D eigenvalue weighted by atomic mass is 10.1. The molecule has 4 aromatic rings. The lowest BCUT2D eigenvalue weighted by Gasteiger charge is -2.06. The highest BCUT2D eigenvalue weighted by molar-refractivity contribution is 7.10. The minimum Gasteiger partial charge on any atom is -0.497 e. The van der Waals surface area contributed by atoms with Crippen LogP contribution in [0.5, 0.6) is 5.75 Å². The Kier molecular flexibility index (Phi) is 5.06. The van der Waals surface area contributed by atoms with Crippen LogP contribution < -0.4 is 4.74 Å². The van der Waals surface area contributed by atoms with Crippen molar-refractivity contribution in [1.82, 2.24) is 15.1 Å². The van der Waals surface area contributed by atoms with E-state index in [1.807, 2.05) is 29.6 Å². The molecule has 2 aromatic heterocycles. The number of benzene rings is 2. The van der Waals surface area contributed by atoms with Gasteiger partial charge in [-0.25, -0.2) is 4.98 Å². The summed E-state index contributed by atoms with van der Waals surface area (Å²) in [6, 6.07) is 12.4. The highest BCUT2D eigenvalue weighted by Gasteiger charge is 2.30. The number of rotatable bonds is 5. The number of hydrogen-bond acceptors (Lipinski definition) is 6. The first-order valence-corrected chi connectivity index (χ1v) is 9.39. The van der Waals surface area contributed by atoms with Gasteiger partial charge in [-0.3, -0.25) is 0 Å². The molecule has 0 N–H and O–H groups in total. The molecule has 2 aromatic carbocycles. The van der Waals surface area contributed by atoms with Crippen molar-refractivity contribution in [3.8, 4) is 28.4 Å². The maximum absolute atomic E-state index is 12.9. The van der Waals surface area contributed by atoms with Crippen molar-refractivity contribution in [1.29, 1.82) is 0 Å². The molecule has 0 aliphatic rings. The number of methoxy groups -OCH3 is 1. The van der Waals surface area contributed by atoms with Crippen LogP contribution in [0.15, 0.2) is 58.4 Å². The van der Waals surface area contributed by atoms with E-state index in [1.54, 1.807) is 7.11 Å². The monoisotopic (exact) mass is 417 g/mol. The maximum atomic E-state index is 12.9. The second kappa shape index (κ2) is 7.67. The zero-order chi connectivity index (χ0) is 20.4. The molecule has 0 radical (unpaired) electrons. The van der Waals surface area contributed by atoms with Gasteiger partial charge in [-0.15, -0.1) is 11.3 Å². The van der Waals surface area contributed by atoms with Crippen molar-refractivity contribution in [2.24, 2.45) is 0 Å². The third-order valence-corrected chi connectivity index (χ3v) is 5.00. The van der Waals surface area contributed by atoms with E-state index < -0.39 is 11.7 Å². The van der Waals surface area contributed by atoms with E-state index in [2.05, 4.69) is 15.1 Å². The standard InChI is InChI=1S/C20H14F3N3O2S/c1-27-15-7-5-12(6-8-15)16-11-29-18(24-16)10-17-25-19(26-28-17)13-3-2-4-14(9-13)20(21,22)23/h2-9,11H,10H2,1H3. The smallest absolute Gasteiger partial charge is 0.416 e. The predicted octanol–water partition coefficient (Wildman–Crippen LogP) is 5.48. The number of ether oxygens (including phenoxy) is 1. The summed E-state index contributed by atoms with van der Waals surface area (Å²) in [6.45, 7) is 0. The van der Waals surface area contributed by atoms with Crippen LogP contribution in [0, 0.1) is 0 Å². The summed E-state index contributed by atoms with van der Waals surface area (Å²) in [5.74, 6) is 1.16. The molecule has 0 saturated heterocycles. The summed E-state index contributed by atoms with van der Waals surface area (Å²) < 4.78 is 49.0. The van der Waals surface area contributed by atoms with Crippen LogP contribution >= 0.6 is 11.3 Å². The molecule has 0 aliphatic heterocycles. The van der Waals surface area contributed by atoms with Crippen LogP contribution in [0.4, 0.5) is 13.2 Å². The topological polar surface area (TPSA) is 61.0 Å². The third kappa shape index (κ3) is 4.29. The average Bonchev–Trinajstić information content (AvgIpc) is 3.38. The van der Waals surface area contributed by atoms with Gasteiger partial charge in [0, 0.05) is 16.5 Å². The van der Waals surface area contributed by atoms with Crippen molar-refractivity contribution in [3.63, 3.8) is 0 Å². The quantitative estimate of drug-likeness (QED) is 0.430. The molecule has 0 bridgehead atoms. The summed E-state index contributed by atoms with van der Waals surface area (Å²) in [4.78, 5) is 8.77. The van der Waals surface area contributed by atoms with Crippen LogP contribution in [0.25, 0.3) is 22.6 Å². The number of halogens is 3. The molecular formula is C20H14F3N3O2S. The molecular weight excluding hydrogens is 403 g/mol. The van der Waals surface area contributed by atoms with Crippen LogP contribution in [0.1, 0.15) is 16.5 Å². The second-order valence-corrected chi connectivity index (χ2v) is 7.06. The van der Waals surface area contributed by atoms with E-state index in [-0.39, 0.29) is 17.3 Å². The van der Waals surface area contributed by atoms with Crippen molar-refractivity contribution in [3.05, 3.63) is 70.4 Å². The van der Waals surface area contributed by atoms with Gasteiger partial charge in [0.05, 0.1) is 24.8 Å². The summed E-state index contributed by atoms with van der Waals surface area (Å²) in [6.07, 6.45) is -4.13. The summed E-state index contributed by atoms with van der Waals surface area (Å²) in [7, 11) is 1.61. The molecule has 0 amide bonds. The molecule has 9 heteroatoms. The lowest BCUT2D eigenvalue weighted by Crippen LogP contribution is -2.04. The van der Waals surface area contributed by atoms with Crippen molar-refractivity contribution in [2.75, 3.05) is 7.11 Å². The van der Waals surface area contributed by atoms with E-state index in [4.69, 9.17) is 9.26 Å². The minimum absolute atomic E-state index is 0.109. The lowest BCUT2D eigenvalue weighted by molar-refractivity contribution is -0.137. The van der Waals surface area contributed by atoms with Gasteiger partial charge >= 0.3 is 6.18 Å². The number of thiazole rings is 1. The number of nitrogens with zero attached hydrogens (tertiary/aromatic N) is 3. The Bertz CT molecular complexity index is 1120. The highest BCUT2D eigenvalue weighted by Crippen LogP contribution is 2.31. The number of hydrogen-bond donors (Lipinski definition) is 0. The minimum atomic E-state index is -4.43. The molecule has 0 saturated carbocycles. The van der Waals surface area contributed by atoms with Crippen LogP contribution in [-0.4, -0.2) is 22.2 Å². The first-order valence-electron chi connectivity index (χ1n) is 8.51. The van der Waals surface area contributed by atoms with Gasteiger partial charge in [0.1, 0.15) is 10.8 Å². The van der Waals surface area contributed by atoms with E-state index in [1.165, 1.54) is 23.5 Å². The van der Waals surface area contributed by atoms with Crippen molar-refractivity contribution < 1.29 is 22.4 Å². The maximum Gasteiger partial charge on any atom is 0.416 e. The van der Waals surface area contributed by atoms with Crippen LogP contribution in [0.2, 0.25) is 0 Å². The predicted molar refractivity (Wildman–Crippen MR) is 102 cm³/mol. The fraction of sp³-hybridized carbons (Fsp3) is 0.150. The fourth-order valence-electron chi connectivity index (χ4n) is 2.69. The largest absolute Gasteiger partial charge is 0.497 e. The number of aromatic nitrogens is 3. The van der Waals surface area contributed by atoms with E-state index in [0.29, 0.717) is 6.42 Å². The number of alkyl halides is 3. The molecule has 4 rings (SSSR count). The summed E-state index contributed by atoms with van der Waals surface area (Å²) >= 11 is 1.44. The zero-order valence-corrected chi connectivity index (χ0v) is 15.9. The first-order chi connectivity index (χ1) is 13.9. The van der Waals surface area contributed by atoms with Crippen molar-refractivity contribution in [2.45, 2.75) is 12.6 Å². The Morgan fingerprint density at radius 2 is 1.83 bits per heavy atom. The summed E-state index contributed by atoms with van der Waals surface area (Å²) in [5.41, 5.74) is 1.24. The summed E-state index contributed by atoms with van der Waals surface area (Å²) in [5, 5.41) is 6.48. The molecule has 29 heavy (non-hydrogen) atoms. The first kappa shape index (κ1) is 19.1. The Morgan fingerprint density at radius 1 is 1.03 bits per heavy atom. The third-order valence-electron chi connectivity index (χ3n) is 4.16. The fourth-order valence-corrected chi connectivity index (χ4v) is 3.49.